The SMILES string of the molecule is Cc1nc(S(N)(=O)=O)cn1Cc1ccc(F)c(Br)c1. The molecule has 0 aliphatic carbocycles. The van der Waals surface area contributed by atoms with Gasteiger partial charge in [0.2, 0.25) is 0 Å². The zero-order chi connectivity index (χ0) is 14.2. The van der Waals surface area contributed by atoms with E-state index in [-0.39, 0.29) is 10.8 Å². The van der Waals surface area contributed by atoms with Gasteiger partial charge in [0.05, 0.1) is 4.47 Å². The molecule has 1 heterocycles. The van der Waals surface area contributed by atoms with Gasteiger partial charge in [0.25, 0.3) is 10.0 Å². The highest BCUT2D eigenvalue weighted by molar-refractivity contribution is 9.10. The summed E-state index contributed by atoms with van der Waals surface area (Å²) in [6.45, 7) is 2.06. The van der Waals surface area contributed by atoms with Crippen molar-refractivity contribution >= 4 is 26.0 Å². The monoisotopic (exact) mass is 347 g/mol. The van der Waals surface area contributed by atoms with Crippen molar-refractivity contribution in [1.29, 1.82) is 0 Å². The summed E-state index contributed by atoms with van der Waals surface area (Å²) in [5.74, 6) is 0.167. The molecule has 0 amide bonds. The first-order chi connectivity index (χ1) is 8.77. The molecule has 8 heteroatoms. The van der Waals surface area contributed by atoms with E-state index in [1.165, 1.54) is 12.3 Å². The first kappa shape index (κ1) is 14.2. The number of hydrogen-bond donors (Lipinski definition) is 1. The van der Waals surface area contributed by atoms with Gasteiger partial charge >= 0.3 is 0 Å². The molecular formula is C11H11BrFN3O2S. The van der Waals surface area contributed by atoms with Crippen molar-refractivity contribution in [1.82, 2.24) is 9.55 Å². The van der Waals surface area contributed by atoms with Crippen molar-refractivity contribution < 1.29 is 12.8 Å². The molecule has 0 unspecified atom stereocenters. The Labute approximate surface area is 118 Å². The topological polar surface area (TPSA) is 78.0 Å². The van der Waals surface area contributed by atoms with Gasteiger partial charge < -0.3 is 4.57 Å². The molecule has 1 aromatic carbocycles. The number of imidazole rings is 1. The maximum atomic E-state index is 13.1. The number of aryl methyl sites for hydroxylation is 1. The van der Waals surface area contributed by atoms with Gasteiger partial charge in [0, 0.05) is 12.7 Å². The predicted octanol–water partition coefficient (Wildman–Crippen LogP) is 1.79. The minimum Gasteiger partial charge on any atom is -0.329 e. The van der Waals surface area contributed by atoms with E-state index in [0.717, 1.165) is 5.56 Å². The standard InChI is InChI=1S/C11H11BrFN3O2S/c1-7-15-11(19(14,17)18)6-16(7)5-8-2-3-10(13)9(12)4-8/h2-4,6H,5H2,1H3,(H2,14,17,18). The third-order valence-corrected chi connectivity index (χ3v) is 3.97. The van der Waals surface area contributed by atoms with E-state index in [1.807, 2.05) is 0 Å². The molecule has 2 N–H and O–H groups in total. The van der Waals surface area contributed by atoms with Crippen LogP contribution in [0.4, 0.5) is 4.39 Å². The van der Waals surface area contributed by atoms with Crippen LogP contribution in [-0.2, 0) is 16.6 Å². The van der Waals surface area contributed by atoms with Gasteiger partial charge in [-0.05, 0) is 40.5 Å². The summed E-state index contributed by atoms with van der Waals surface area (Å²) in [6.07, 6.45) is 1.36. The second-order valence-electron chi connectivity index (χ2n) is 4.05. The highest BCUT2D eigenvalue weighted by Gasteiger charge is 2.14. The van der Waals surface area contributed by atoms with Gasteiger partial charge in [-0.2, -0.15) is 0 Å². The molecule has 0 bridgehead atoms. The highest BCUT2D eigenvalue weighted by Crippen LogP contribution is 2.18. The summed E-state index contributed by atoms with van der Waals surface area (Å²) in [7, 11) is -3.81. The van der Waals surface area contributed by atoms with Crippen LogP contribution in [0.1, 0.15) is 11.4 Å². The Hall–Kier alpha value is -1.25. The van der Waals surface area contributed by atoms with E-state index >= 15 is 0 Å². The first-order valence-electron chi connectivity index (χ1n) is 5.28. The van der Waals surface area contributed by atoms with Crippen LogP contribution in [0.15, 0.2) is 33.9 Å². The predicted molar refractivity (Wildman–Crippen MR) is 71.5 cm³/mol. The Bertz CT molecular complexity index is 728. The number of hydrogen-bond acceptors (Lipinski definition) is 3. The molecule has 5 nitrogen and oxygen atoms in total. The zero-order valence-corrected chi connectivity index (χ0v) is 12.4. The molecule has 102 valence electrons. The molecule has 2 aromatic rings. The van der Waals surface area contributed by atoms with Crippen LogP contribution in [0.2, 0.25) is 0 Å². The van der Waals surface area contributed by atoms with Crippen LogP contribution in [0.25, 0.3) is 0 Å². The van der Waals surface area contributed by atoms with E-state index in [4.69, 9.17) is 5.14 Å². The molecule has 0 aliphatic rings. The lowest BCUT2D eigenvalue weighted by atomic mass is 10.2. The zero-order valence-electron chi connectivity index (χ0n) is 9.97. The van der Waals surface area contributed by atoms with Gasteiger partial charge in [-0.3, -0.25) is 0 Å². The van der Waals surface area contributed by atoms with E-state index in [0.29, 0.717) is 16.8 Å². The maximum absolute atomic E-state index is 13.1. The second-order valence-corrected chi connectivity index (χ2v) is 6.41. The van der Waals surface area contributed by atoms with Crippen molar-refractivity contribution in [2.45, 2.75) is 18.5 Å². The summed E-state index contributed by atoms with van der Waals surface area (Å²) in [5, 5.41) is 4.84. The van der Waals surface area contributed by atoms with Crippen molar-refractivity contribution in [2.75, 3.05) is 0 Å². The summed E-state index contributed by atoms with van der Waals surface area (Å²) >= 11 is 3.10. The number of aromatic nitrogens is 2. The van der Waals surface area contributed by atoms with Gasteiger partial charge in [-0.25, -0.2) is 22.9 Å². The summed E-state index contributed by atoms with van der Waals surface area (Å²) < 4.78 is 37.5. The maximum Gasteiger partial charge on any atom is 0.257 e. The summed E-state index contributed by atoms with van der Waals surface area (Å²) in [5.41, 5.74) is 0.815. The van der Waals surface area contributed by atoms with Gasteiger partial charge in [-0.15, -0.1) is 0 Å². The normalized spacial score (nSPS) is 11.8. The molecule has 0 atom stereocenters. The average molecular weight is 348 g/mol. The summed E-state index contributed by atoms with van der Waals surface area (Å²) in [6, 6.07) is 4.59. The smallest absolute Gasteiger partial charge is 0.257 e. The van der Waals surface area contributed by atoms with E-state index < -0.39 is 10.0 Å². The van der Waals surface area contributed by atoms with Gasteiger partial charge in [0.1, 0.15) is 11.6 Å². The van der Waals surface area contributed by atoms with E-state index in [1.54, 1.807) is 23.6 Å². The molecule has 0 saturated carbocycles. The second kappa shape index (κ2) is 5.03. The van der Waals surface area contributed by atoms with Crippen LogP contribution in [0, 0.1) is 12.7 Å². The third kappa shape index (κ3) is 3.20. The number of nitrogens with zero attached hydrogens (tertiary/aromatic N) is 2. The molecule has 0 spiro atoms. The minimum absolute atomic E-state index is 0.175. The highest BCUT2D eigenvalue weighted by atomic mass is 79.9. The number of rotatable bonds is 3. The third-order valence-electron chi connectivity index (χ3n) is 2.58. The molecule has 0 fully saturated rings. The number of primary sulfonamides is 1. The Morgan fingerprint density at radius 1 is 1.47 bits per heavy atom. The van der Waals surface area contributed by atoms with Crippen molar-refractivity contribution in [2.24, 2.45) is 5.14 Å². The molecular weight excluding hydrogens is 337 g/mol. The molecule has 1 aromatic heterocycles. The van der Waals surface area contributed by atoms with Crippen molar-refractivity contribution in [3.05, 3.63) is 46.1 Å². The van der Waals surface area contributed by atoms with Gasteiger partial charge in [-0.1, -0.05) is 6.07 Å². The van der Waals surface area contributed by atoms with Crippen LogP contribution in [-0.4, -0.2) is 18.0 Å². The van der Waals surface area contributed by atoms with Crippen LogP contribution >= 0.6 is 15.9 Å². The van der Waals surface area contributed by atoms with E-state index in [9.17, 15) is 12.8 Å². The lowest BCUT2D eigenvalue weighted by molar-refractivity contribution is 0.594. The Morgan fingerprint density at radius 2 is 2.16 bits per heavy atom. The number of nitrogens with two attached hydrogens (primary N) is 1. The lowest BCUT2D eigenvalue weighted by Crippen LogP contribution is -2.12. The molecule has 19 heavy (non-hydrogen) atoms. The average Bonchev–Trinajstić information content (AvgIpc) is 2.65. The van der Waals surface area contributed by atoms with Crippen LogP contribution in [0.3, 0.4) is 0 Å². The Morgan fingerprint density at radius 3 is 2.68 bits per heavy atom. The molecule has 2 rings (SSSR count). The van der Waals surface area contributed by atoms with Crippen LogP contribution in [0.5, 0.6) is 0 Å². The molecule has 0 aliphatic heterocycles. The van der Waals surface area contributed by atoms with Crippen molar-refractivity contribution in [3.8, 4) is 0 Å². The molecule has 0 saturated heterocycles. The minimum atomic E-state index is -3.81. The lowest BCUT2D eigenvalue weighted by Gasteiger charge is -2.05. The van der Waals surface area contributed by atoms with Crippen LogP contribution < -0.4 is 5.14 Å². The molecule has 0 radical (unpaired) electrons. The number of halogens is 2. The largest absolute Gasteiger partial charge is 0.329 e. The van der Waals surface area contributed by atoms with Gasteiger partial charge in [0.15, 0.2) is 5.03 Å². The van der Waals surface area contributed by atoms with E-state index in [2.05, 4.69) is 20.9 Å². The quantitative estimate of drug-likeness (QED) is 0.919. The Kier molecular flexibility index (Phi) is 3.75. The number of sulfonamides is 1. The summed E-state index contributed by atoms with van der Waals surface area (Å²) in [4.78, 5) is 3.88. The fraction of sp³-hybridized carbons (Fsp3) is 0.182. The first-order valence-corrected chi connectivity index (χ1v) is 7.62. The number of benzene rings is 1. The fourth-order valence-corrected chi connectivity index (χ4v) is 2.57. The Balaban J connectivity index is 2.33. The van der Waals surface area contributed by atoms with Crippen molar-refractivity contribution in [3.63, 3.8) is 0 Å². The fourth-order valence-electron chi connectivity index (χ4n) is 1.61.